The van der Waals surface area contributed by atoms with Gasteiger partial charge in [0.2, 0.25) is 5.91 Å². The summed E-state index contributed by atoms with van der Waals surface area (Å²) in [6.45, 7) is 8.37. The number of likely N-dealkylation sites (N-methyl/N-ethyl adjacent to an activating group) is 2. The summed E-state index contributed by atoms with van der Waals surface area (Å²) in [5, 5.41) is 3.38. The first-order valence-electron chi connectivity index (χ1n) is 8.95. The fraction of sp³-hybridized carbons (Fsp3) is 0.941. The van der Waals surface area contributed by atoms with Crippen molar-refractivity contribution in [1.82, 2.24) is 15.1 Å². The number of nitrogens with zero attached hydrogens (tertiary/aromatic N) is 2. The Balaban J connectivity index is 1.79. The van der Waals surface area contributed by atoms with Crippen LogP contribution >= 0.6 is 0 Å². The SMILES string of the molecule is CCN(C(=O)[C@H](C)NC[C@@H]1CN(C)CCO1)C1CCCCC1. The lowest BCUT2D eigenvalue weighted by Gasteiger charge is -2.36. The minimum absolute atomic E-state index is 0.127. The molecular weight excluding hydrogens is 278 g/mol. The summed E-state index contributed by atoms with van der Waals surface area (Å²) >= 11 is 0. The minimum Gasteiger partial charge on any atom is -0.374 e. The second kappa shape index (κ2) is 8.85. The van der Waals surface area contributed by atoms with Gasteiger partial charge in [0.25, 0.3) is 0 Å². The Kier molecular flexibility index (Phi) is 7.12. The molecule has 0 radical (unpaired) electrons. The molecule has 5 heteroatoms. The van der Waals surface area contributed by atoms with Gasteiger partial charge in [0.05, 0.1) is 18.8 Å². The van der Waals surface area contributed by atoms with Crippen LogP contribution in [0.2, 0.25) is 0 Å². The van der Waals surface area contributed by atoms with Gasteiger partial charge < -0.3 is 19.9 Å². The first kappa shape index (κ1) is 17.7. The van der Waals surface area contributed by atoms with Crippen LogP contribution in [-0.2, 0) is 9.53 Å². The van der Waals surface area contributed by atoms with Crippen LogP contribution in [0.25, 0.3) is 0 Å². The lowest BCUT2D eigenvalue weighted by molar-refractivity contribution is -0.136. The molecule has 2 atom stereocenters. The van der Waals surface area contributed by atoms with Gasteiger partial charge >= 0.3 is 0 Å². The van der Waals surface area contributed by atoms with Crippen LogP contribution in [0.15, 0.2) is 0 Å². The van der Waals surface area contributed by atoms with Crippen molar-refractivity contribution in [2.75, 3.05) is 39.8 Å². The van der Waals surface area contributed by atoms with Crippen LogP contribution in [0, 0.1) is 0 Å². The molecule has 22 heavy (non-hydrogen) atoms. The summed E-state index contributed by atoms with van der Waals surface area (Å²) in [6.07, 6.45) is 6.38. The summed E-state index contributed by atoms with van der Waals surface area (Å²) in [6, 6.07) is 0.324. The summed E-state index contributed by atoms with van der Waals surface area (Å²) < 4.78 is 5.75. The Hall–Kier alpha value is -0.650. The van der Waals surface area contributed by atoms with Crippen LogP contribution in [0.1, 0.15) is 46.0 Å². The predicted molar refractivity (Wildman–Crippen MR) is 89.0 cm³/mol. The number of hydrogen-bond acceptors (Lipinski definition) is 4. The van der Waals surface area contributed by atoms with E-state index in [9.17, 15) is 4.79 Å². The van der Waals surface area contributed by atoms with Crippen molar-refractivity contribution in [3.05, 3.63) is 0 Å². The molecule has 2 rings (SSSR count). The molecular formula is C17H33N3O2. The number of morpholine rings is 1. The van der Waals surface area contributed by atoms with Gasteiger partial charge in [0, 0.05) is 32.2 Å². The third-order valence-corrected chi connectivity index (χ3v) is 5.00. The molecule has 0 aromatic carbocycles. The van der Waals surface area contributed by atoms with E-state index in [0.29, 0.717) is 6.04 Å². The summed E-state index contributed by atoms with van der Waals surface area (Å²) in [4.78, 5) is 17.1. The maximum absolute atomic E-state index is 12.7. The van der Waals surface area contributed by atoms with Crippen molar-refractivity contribution >= 4 is 5.91 Å². The molecule has 0 spiro atoms. The van der Waals surface area contributed by atoms with E-state index in [1.54, 1.807) is 0 Å². The van der Waals surface area contributed by atoms with Crippen LogP contribution in [-0.4, -0.2) is 73.7 Å². The van der Waals surface area contributed by atoms with Gasteiger partial charge in [-0.3, -0.25) is 4.79 Å². The Bertz CT molecular complexity index is 345. The first-order valence-corrected chi connectivity index (χ1v) is 8.95. The molecule has 1 aliphatic heterocycles. The fourth-order valence-corrected chi connectivity index (χ4v) is 3.62. The lowest BCUT2D eigenvalue weighted by Crippen LogP contribution is -2.52. The Morgan fingerprint density at radius 1 is 1.36 bits per heavy atom. The van der Waals surface area contributed by atoms with E-state index in [1.165, 1.54) is 32.1 Å². The highest BCUT2D eigenvalue weighted by molar-refractivity contribution is 5.81. The summed E-state index contributed by atoms with van der Waals surface area (Å²) in [5.41, 5.74) is 0. The van der Waals surface area contributed by atoms with E-state index in [-0.39, 0.29) is 18.1 Å². The zero-order chi connectivity index (χ0) is 15.9. The molecule has 5 nitrogen and oxygen atoms in total. The highest BCUT2D eigenvalue weighted by atomic mass is 16.5. The van der Waals surface area contributed by atoms with Gasteiger partial charge in [-0.05, 0) is 33.7 Å². The van der Waals surface area contributed by atoms with Gasteiger partial charge in [-0.1, -0.05) is 19.3 Å². The van der Waals surface area contributed by atoms with Crippen molar-refractivity contribution in [2.24, 2.45) is 0 Å². The van der Waals surface area contributed by atoms with Crippen molar-refractivity contribution in [2.45, 2.75) is 64.1 Å². The van der Waals surface area contributed by atoms with Gasteiger partial charge in [0.1, 0.15) is 0 Å². The topological polar surface area (TPSA) is 44.8 Å². The van der Waals surface area contributed by atoms with Crippen LogP contribution in [0.5, 0.6) is 0 Å². The third-order valence-electron chi connectivity index (χ3n) is 5.00. The third kappa shape index (κ3) is 4.93. The highest BCUT2D eigenvalue weighted by Gasteiger charge is 2.28. The smallest absolute Gasteiger partial charge is 0.239 e. The Morgan fingerprint density at radius 3 is 2.73 bits per heavy atom. The molecule has 1 aliphatic carbocycles. The minimum atomic E-state index is -0.127. The molecule has 2 fully saturated rings. The maximum Gasteiger partial charge on any atom is 0.239 e. The Morgan fingerprint density at radius 2 is 2.09 bits per heavy atom. The molecule has 0 bridgehead atoms. The Labute approximate surface area is 135 Å². The number of carbonyl (C=O) groups excluding carboxylic acids is 1. The average molecular weight is 311 g/mol. The molecule has 1 saturated carbocycles. The average Bonchev–Trinajstić information content (AvgIpc) is 2.54. The standard InChI is InChI=1S/C17H33N3O2/c1-4-20(15-8-6-5-7-9-15)17(21)14(2)18-12-16-13-19(3)10-11-22-16/h14-16,18H,4-13H2,1-3H3/t14-,16+/m0/s1. The van der Waals surface area contributed by atoms with Crippen LogP contribution in [0.3, 0.4) is 0 Å². The van der Waals surface area contributed by atoms with E-state index in [0.717, 1.165) is 32.8 Å². The molecule has 1 amide bonds. The molecule has 2 aliphatic rings. The molecule has 0 unspecified atom stereocenters. The largest absolute Gasteiger partial charge is 0.374 e. The van der Waals surface area contributed by atoms with Crippen molar-refractivity contribution < 1.29 is 9.53 Å². The van der Waals surface area contributed by atoms with E-state index in [1.807, 2.05) is 6.92 Å². The van der Waals surface area contributed by atoms with Gasteiger partial charge in [-0.15, -0.1) is 0 Å². The van der Waals surface area contributed by atoms with Crippen LogP contribution in [0.4, 0.5) is 0 Å². The molecule has 1 heterocycles. The van der Waals surface area contributed by atoms with Crippen molar-refractivity contribution in [1.29, 1.82) is 0 Å². The van der Waals surface area contributed by atoms with Crippen LogP contribution < -0.4 is 5.32 Å². The zero-order valence-electron chi connectivity index (χ0n) is 14.5. The quantitative estimate of drug-likeness (QED) is 0.807. The van der Waals surface area contributed by atoms with Crippen molar-refractivity contribution in [3.8, 4) is 0 Å². The normalized spacial score (nSPS) is 25.9. The zero-order valence-corrected chi connectivity index (χ0v) is 14.5. The highest BCUT2D eigenvalue weighted by Crippen LogP contribution is 2.23. The molecule has 1 N–H and O–H groups in total. The van der Waals surface area contributed by atoms with E-state index < -0.39 is 0 Å². The van der Waals surface area contributed by atoms with E-state index in [2.05, 4.69) is 29.1 Å². The van der Waals surface area contributed by atoms with Gasteiger partial charge in [-0.2, -0.15) is 0 Å². The van der Waals surface area contributed by atoms with Gasteiger partial charge in [-0.25, -0.2) is 0 Å². The summed E-state index contributed by atoms with van der Waals surface area (Å²) in [7, 11) is 2.12. The monoisotopic (exact) mass is 311 g/mol. The second-order valence-corrected chi connectivity index (χ2v) is 6.80. The number of hydrogen-bond donors (Lipinski definition) is 1. The molecule has 128 valence electrons. The fourth-order valence-electron chi connectivity index (χ4n) is 3.62. The van der Waals surface area contributed by atoms with E-state index in [4.69, 9.17) is 4.74 Å². The number of amides is 1. The number of ether oxygens (including phenoxy) is 1. The maximum atomic E-state index is 12.7. The van der Waals surface area contributed by atoms with Gasteiger partial charge in [0.15, 0.2) is 0 Å². The number of nitrogens with one attached hydrogen (secondary N) is 1. The van der Waals surface area contributed by atoms with Crippen molar-refractivity contribution in [3.63, 3.8) is 0 Å². The lowest BCUT2D eigenvalue weighted by atomic mass is 9.94. The number of carbonyl (C=O) groups is 1. The summed E-state index contributed by atoms with van der Waals surface area (Å²) in [5.74, 6) is 0.249. The molecule has 0 aromatic heterocycles. The molecule has 0 aromatic rings. The second-order valence-electron chi connectivity index (χ2n) is 6.80. The van der Waals surface area contributed by atoms with E-state index >= 15 is 0 Å². The number of rotatable bonds is 6. The first-order chi connectivity index (χ1) is 10.6. The predicted octanol–water partition coefficient (Wildman–Crippen LogP) is 1.48. The molecule has 1 saturated heterocycles.